The van der Waals surface area contributed by atoms with Gasteiger partial charge in [-0.3, -0.25) is 4.79 Å². The van der Waals surface area contributed by atoms with E-state index in [4.69, 9.17) is 0 Å². The number of urea groups is 1. The van der Waals surface area contributed by atoms with E-state index in [1.165, 1.54) is 0 Å². The quantitative estimate of drug-likeness (QED) is 0.877. The van der Waals surface area contributed by atoms with Gasteiger partial charge in [0.1, 0.15) is 6.04 Å². The Labute approximate surface area is 138 Å². The van der Waals surface area contributed by atoms with Crippen LogP contribution in [0.25, 0.3) is 0 Å². The molecule has 2 rings (SSSR count). The van der Waals surface area contributed by atoms with Crippen molar-refractivity contribution in [3.63, 3.8) is 0 Å². The number of rotatable bonds is 5. The molecule has 0 bridgehead atoms. The van der Waals surface area contributed by atoms with Crippen LogP contribution in [0.15, 0.2) is 18.2 Å². The Kier molecular flexibility index (Phi) is 5.64. The molecule has 1 saturated heterocycles. The van der Waals surface area contributed by atoms with Crippen molar-refractivity contribution in [2.24, 2.45) is 5.92 Å². The minimum atomic E-state index is -0.435. The molecule has 5 nitrogen and oxygen atoms in total. The lowest BCUT2D eigenvalue weighted by molar-refractivity contribution is -0.118. The van der Waals surface area contributed by atoms with Gasteiger partial charge in [0, 0.05) is 18.8 Å². The molecule has 5 heteroatoms. The van der Waals surface area contributed by atoms with E-state index in [0.29, 0.717) is 25.4 Å². The molecule has 1 fully saturated rings. The van der Waals surface area contributed by atoms with Crippen LogP contribution in [0.4, 0.5) is 10.5 Å². The molecule has 126 valence electrons. The zero-order chi connectivity index (χ0) is 17.0. The van der Waals surface area contributed by atoms with Gasteiger partial charge in [0.05, 0.1) is 0 Å². The van der Waals surface area contributed by atoms with Crippen molar-refractivity contribution < 1.29 is 9.59 Å². The molecule has 1 aromatic carbocycles. The summed E-state index contributed by atoms with van der Waals surface area (Å²) in [5, 5.41) is 5.60. The minimum Gasteiger partial charge on any atom is -0.338 e. The number of amides is 3. The topological polar surface area (TPSA) is 61.4 Å². The summed E-state index contributed by atoms with van der Waals surface area (Å²) in [6, 6.07) is 5.41. The zero-order valence-corrected chi connectivity index (χ0v) is 14.5. The van der Waals surface area contributed by atoms with Crippen molar-refractivity contribution >= 4 is 17.6 Å². The van der Waals surface area contributed by atoms with Crippen LogP contribution in [0.3, 0.4) is 0 Å². The van der Waals surface area contributed by atoms with E-state index in [1.807, 2.05) is 26.0 Å². The van der Waals surface area contributed by atoms with E-state index < -0.39 is 6.04 Å². The Bertz CT molecular complexity index is 563. The van der Waals surface area contributed by atoms with Crippen LogP contribution in [0.2, 0.25) is 0 Å². The number of carbonyl (C=O) groups is 2. The van der Waals surface area contributed by atoms with Crippen LogP contribution in [-0.4, -0.2) is 31.1 Å². The Morgan fingerprint density at radius 1 is 1.26 bits per heavy atom. The smallest absolute Gasteiger partial charge is 0.315 e. The summed E-state index contributed by atoms with van der Waals surface area (Å²) in [6.45, 7) is 9.54. The van der Waals surface area contributed by atoms with Crippen molar-refractivity contribution in [3.05, 3.63) is 29.3 Å². The van der Waals surface area contributed by atoms with Crippen molar-refractivity contribution in [2.45, 2.75) is 46.6 Å². The zero-order valence-electron chi connectivity index (χ0n) is 14.5. The predicted octanol–water partition coefficient (Wildman–Crippen LogP) is 2.75. The molecule has 1 heterocycles. The van der Waals surface area contributed by atoms with Crippen molar-refractivity contribution in [3.8, 4) is 0 Å². The molecule has 1 aromatic rings. The highest BCUT2D eigenvalue weighted by Gasteiger charge is 2.33. The Hall–Kier alpha value is -2.04. The molecule has 0 aromatic heterocycles. The van der Waals surface area contributed by atoms with Gasteiger partial charge in [0.2, 0.25) is 5.91 Å². The maximum absolute atomic E-state index is 12.5. The molecular formula is C18H27N3O2. The molecule has 0 aliphatic carbocycles. The van der Waals surface area contributed by atoms with Crippen LogP contribution < -0.4 is 15.5 Å². The van der Waals surface area contributed by atoms with Crippen LogP contribution in [-0.2, 0) is 4.79 Å². The molecule has 1 atom stereocenters. The van der Waals surface area contributed by atoms with Gasteiger partial charge in [-0.2, -0.15) is 0 Å². The summed E-state index contributed by atoms with van der Waals surface area (Å²) in [5.41, 5.74) is 3.18. The summed E-state index contributed by atoms with van der Waals surface area (Å²) in [7, 11) is 0. The number of carbonyl (C=O) groups excluding carboxylic acids is 2. The fourth-order valence-corrected chi connectivity index (χ4v) is 2.86. The second kappa shape index (κ2) is 7.49. The van der Waals surface area contributed by atoms with Crippen LogP contribution in [0, 0.1) is 19.8 Å². The normalized spacial score (nSPS) is 17.7. The van der Waals surface area contributed by atoms with Crippen molar-refractivity contribution in [2.75, 3.05) is 18.0 Å². The Morgan fingerprint density at radius 2 is 1.91 bits per heavy atom. The lowest BCUT2D eigenvalue weighted by Crippen LogP contribution is -2.46. The SMILES string of the molecule is Cc1cc(C)cc(N2CC[C@@H](NC(=O)NCCC(C)C)C2=O)c1. The number of anilines is 1. The van der Waals surface area contributed by atoms with Gasteiger partial charge in [0.25, 0.3) is 0 Å². The summed E-state index contributed by atoms with van der Waals surface area (Å²) in [6.07, 6.45) is 1.57. The lowest BCUT2D eigenvalue weighted by atomic mass is 10.1. The molecule has 0 unspecified atom stereocenters. The minimum absolute atomic E-state index is 0.0333. The largest absolute Gasteiger partial charge is 0.338 e. The highest BCUT2D eigenvalue weighted by molar-refractivity contribution is 6.01. The maximum atomic E-state index is 12.5. The molecule has 1 aliphatic heterocycles. The van der Waals surface area contributed by atoms with E-state index >= 15 is 0 Å². The Balaban J connectivity index is 1.92. The third kappa shape index (κ3) is 4.71. The molecule has 0 saturated carbocycles. The fraction of sp³-hybridized carbons (Fsp3) is 0.556. The summed E-state index contributed by atoms with van der Waals surface area (Å²) >= 11 is 0. The maximum Gasteiger partial charge on any atom is 0.315 e. The monoisotopic (exact) mass is 317 g/mol. The van der Waals surface area contributed by atoms with Gasteiger partial charge < -0.3 is 15.5 Å². The molecular weight excluding hydrogens is 290 g/mol. The first kappa shape index (κ1) is 17.3. The highest BCUT2D eigenvalue weighted by Crippen LogP contribution is 2.24. The number of nitrogens with one attached hydrogen (secondary N) is 2. The molecule has 3 amide bonds. The van der Waals surface area contributed by atoms with E-state index in [0.717, 1.165) is 23.2 Å². The second-order valence-corrected chi connectivity index (χ2v) is 6.76. The number of nitrogens with zero attached hydrogens (tertiary/aromatic N) is 1. The lowest BCUT2D eigenvalue weighted by Gasteiger charge is -2.18. The van der Waals surface area contributed by atoms with Crippen molar-refractivity contribution in [1.29, 1.82) is 0 Å². The van der Waals surface area contributed by atoms with Gasteiger partial charge in [-0.05, 0) is 55.9 Å². The molecule has 2 N–H and O–H groups in total. The third-order valence-electron chi connectivity index (χ3n) is 4.04. The predicted molar refractivity (Wildman–Crippen MR) is 92.7 cm³/mol. The van der Waals surface area contributed by atoms with Crippen LogP contribution in [0.1, 0.15) is 37.8 Å². The third-order valence-corrected chi connectivity index (χ3v) is 4.04. The van der Waals surface area contributed by atoms with E-state index in [-0.39, 0.29) is 11.9 Å². The van der Waals surface area contributed by atoms with Gasteiger partial charge in [-0.1, -0.05) is 19.9 Å². The summed E-state index contributed by atoms with van der Waals surface area (Å²) in [5.74, 6) is 0.512. The number of aryl methyl sites for hydroxylation is 2. The van der Waals surface area contributed by atoms with Crippen molar-refractivity contribution in [1.82, 2.24) is 10.6 Å². The number of hydrogen-bond donors (Lipinski definition) is 2. The van der Waals surface area contributed by atoms with Crippen LogP contribution >= 0.6 is 0 Å². The second-order valence-electron chi connectivity index (χ2n) is 6.76. The van der Waals surface area contributed by atoms with E-state index in [9.17, 15) is 9.59 Å². The molecule has 0 radical (unpaired) electrons. The van der Waals surface area contributed by atoms with Gasteiger partial charge in [-0.25, -0.2) is 4.79 Å². The molecule has 23 heavy (non-hydrogen) atoms. The highest BCUT2D eigenvalue weighted by atomic mass is 16.2. The number of benzene rings is 1. The summed E-state index contributed by atoms with van der Waals surface area (Å²) < 4.78 is 0. The number of hydrogen-bond acceptors (Lipinski definition) is 2. The first-order valence-electron chi connectivity index (χ1n) is 8.31. The first-order chi connectivity index (χ1) is 10.9. The average Bonchev–Trinajstić information content (AvgIpc) is 2.78. The standard InChI is InChI=1S/C18H27N3O2/c1-12(2)5-7-19-18(23)20-16-6-8-21(17(16)22)15-10-13(3)9-14(4)11-15/h9-12,16H,5-8H2,1-4H3,(H2,19,20,23)/t16-/m1/s1. The van der Waals surface area contributed by atoms with Gasteiger partial charge in [0.15, 0.2) is 0 Å². The molecule has 1 aliphatic rings. The van der Waals surface area contributed by atoms with E-state index in [2.05, 4.69) is 30.5 Å². The van der Waals surface area contributed by atoms with Gasteiger partial charge >= 0.3 is 6.03 Å². The Morgan fingerprint density at radius 3 is 2.52 bits per heavy atom. The molecule has 0 spiro atoms. The fourth-order valence-electron chi connectivity index (χ4n) is 2.86. The summed E-state index contributed by atoms with van der Waals surface area (Å²) in [4.78, 5) is 26.2. The average molecular weight is 317 g/mol. The van der Waals surface area contributed by atoms with E-state index in [1.54, 1.807) is 4.90 Å². The van der Waals surface area contributed by atoms with Crippen LogP contribution in [0.5, 0.6) is 0 Å². The van der Waals surface area contributed by atoms with Gasteiger partial charge in [-0.15, -0.1) is 0 Å². The first-order valence-corrected chi connectivity index (χ1v) is 8.31.